The molecule has 0 aromatic heterocycles. The van der Waals surface area contributed by atoms with Crippen LogP contribution < -0.4 is 11.1 Å². The Labute approximate surface area is 106 Å². The second kappa shape index (κ2) is 6.43. The Morgan fingerprint density at radius 1 is 1.16 bits per heavy atom. The Kier molecular flexibility index (Phi) is 4.92. The predicted octanol–water partition coefficient (Wildman–Crippen LogP) is -0.277. The monoisotopic (exact) mass is 272 g/mol. The van der Waals surface area contributed by atoms with Gasteiger partial charge in [0.1, 0.15) is 11.6 Å². The Bertz CT molecular complexity index is 499. The zero-order valence-electron chi connectivity index (χ0n) is 9.61. The van der Waals surface area contributed by atoms with Crippen LogP contribution in [-0.4, -0.2) is 30.9 Å². The summed E-state index contributed by atoms with van der Waals surface area (Å²) < 4.78 is 30.1. The largest absolute Gasteiger partial charge is 0.452 e. The van der Waals surface area contributed by atoms with Gasteiger partial charge in [0, 0.05) is 6.07 Å². The molecule has 3 N–H and O–H groups in total. The first-order valence-corrected chi connectivity index (χ1v) is 5.06. The highest BCUT2D eigenvalue weighted by molar-refractivity contribution is 5.91. The zero-order valence-corrected chi connectivity index (χ0v) is 9.61. The number of esters is 1. The first kappa shape index (κ1) is 14.6. The molecule has 0 fully saturated rings. The fourth-order valence-electron chi connectivity index (χ4n) is 1.12. The van der Waals surface area contributed by atoms with E-state index in [9.17, 15) is 23.2 Å². The van der Waals surface area contributed by atoms with Crippen molar-refractivity contribution in [2.24, 2.45) is 5.73 Å². The number of primary amides is 1. The highest BCUT2D eigenvalue weighted by Crippen LogP contribution is 2.09. The van der Waals surface area contributed by atoms with Gasteiger partial charge in [-0.25, -0.2) is 13.6 Å². The molecule has 0 aliphatic rings. The molecule has 8 heteroatoms. The van der Waals surface area contributed by atoms with Crippen LogP contribution in [0.2, 0.25) is 0 Å². The second-order valence-corrected chi connectivity index (χ2v) is 3.48. The van der Waals surface area contributed by atoms with Gasteiger partial charge in [0.25, 0.3) is 5.91 Å². The van der Waals surface area contributed by atoms with Crippen molar-refractivity contribution in [3.63, 3.8) is 0 Å². The fraction of sp³-hybridized carbons (Fsp3) is 0.182. The Balaban J connectivity index is 2.51. The number of benzene rings is 1. The van der Waals surface area contributed by atoms with Gasteiger partial charge >= 0.3 is 5.97 Å². The molecule has 0 saturated carbocycles. The van der Waals surface area contributed by atoms with Crippen LogP contribution in [0.15, 0.2) is 18.2 Å². The van der Waals surface area contributed by atoms with Gasteiger partial charge in [-0.05, 0) is 12.1 Å². The van der Waals surface area contributed by atoms with Crippen molar-refractivity contribution in [1.82, 2.24) is 5.32 Å². The second-order valence-electron chi connectivity index (χ2n) is 3.48. The standard InChI is InChI=1S/C11H10F2N2O4/c12-7-1-6(2-8(13)3-7)11(18)19-5-10(17)15-4-9(14)16/h1-3H,4-5H2,(H2,14,16)(H,15,17). The van der Waals surface area contributed by atoms with Crippen LogP contribution >= 0.6 is 0 Å². The van der Waals surface area contributed by atoms with Gasteiger partial charge in [0.2, 0.25) is 5.91 Å². The van der Waals surface area contributed by atoms with Gasteiger partial charge < -0.3 is 15.8 Å². The van der Waals surface area contributed by atoms with Crippen LogP contribution in [0.5, 0.6) is 0 Å². The quantitative estimate of drug-likeness (QED) is 0.720. The van der Waals surface area contributed by atoms with E-state index in [0.29, 0.717) is 6.07 Å². The molecule has 1 aromatic carbocycles. The van der Waals surface area contributed by atoms with E-state index in [1.54, 1.807) is 0 Å². The van der Waals surface area contributed by atoms with Crippen LogP contribution in [0.25, 0.3) is 0 Å². The van der Waals surface area contributed by atoms with Gasteiger partial charge in [-0.2, -0.15) is 0 Å². The van der Waals surface area contributed by atoms with Crippen molar-refractivity contribution < 1.29 is 27.9 Å². The van der Waals surface area contributed by atoms with Gasteiger partial charge in [0.05, 0.1) is 12.1 Å². The van der Waals surface area contributed by atoms with Crippen LogP contribution in [0.1, 0.15) is 10.4 Å². The molecule has 0 aliphatic carbocycles. The number of nitrogens with one attached hydrogen (secondary N) is 1. The van der Waals surface area contributed by atoms with Crippen molar-refractivity contribution >= 4 is 17.8 Å². The first-order chi connectivity index (χ1) is 8.88. The normalized spacial score (nSPS) is 9.79. The number of carbonyl (C=O) groups is 3. The smallest absolute Gasteiger partial charge is 0.338 e. The van der Waals surface area contributed by atoms with Gasteiger partial charge in [-0.1, -0.05) is 0 Å². The number of nitrogens with two attached hydrogens (primary N) is 1. The minimum atomic E-state index is -1.06. The average Bonchev–Trinajstić information content (AvgIpc) is 2.32. The van der Waals surface area contributed by atoms with Crippen LogP contribution in [-0.2, 0) is 14.3 Å². The Hall–Kier alpha value is -2.51. The van der Waals surface area contributed by atoms with E-state index >= 15 is 0 Å². The molecule has 0 spiro atoms. The Morgan fingerprint density at radius 2 is 1.74 bits per heavy atom. The van der Waals surface area contributed by atoms with Crippen molar-refractivity contribution in [2.75, 3.05) is 13.2 Å². The van der Waals surface area contributed by atoms with Crippen molar-refractivity contribution in [3.8, 4) is 0 Å². The van der Waals surface area contributed by atoms with Crippen molar-refractivity contribution in [2.45, 2.75) is 0 Å². The molecular formula is C11H10F2N2O4. The summed E-state index contributed by atoms with van der Waals surface area (Å²) in [6, 6.07) is 2.13. The van der Waals surface area contributed by atoms with E-state index in [2.05, 4.69) is 10.1 Å². The van der Waals surface area contributed by atoms with E-state index in [0.717, 1.165) is 12.1 Å². The minimum Gasteiger partial charge on any atom is -0.452 e. The third-order valence-electron chi connectivity index (χ3n) is 1.89. The number of ether oxygens (including phenoxy) is 1. The van der Waals surface area contributed by atoms with Gasteiger partial charge in [-0.3, -0.25) is 9.59 Å². The molecule has 1 aromatic rings. The molecule has 0 radical (unpaired) electrons. The topological polar surface area (TPSA) is 98.5 Å². The number of halogens is 2. The Morgan fingerprint density at radius 3 is 2.26 bits per heavy atom. The minimum absolute atomic E-state index is 0.361. The van der Waals surface area contributed by atoms with E-state index < -0.39 is 42.6 Å². The third-order valence-corrected chi connectivity index (χ3v) is 1.89. The molecule has 2 amide bonds. The summed E-state index contributed by atoms with van der Waals surface area (Å²) in [7, 11) is 0. The number of hydrogen-bond donors (Lipinski definition) is 2. The lowest BCUT2D eigenvalue weighted by Crippen LogP contribution is -2.36. The van der Waals surface area contributed by atoms with E-state index in [1.165, 1.54) is 0 Å². The maximum atomic E-state index is 12.8. The summed E-state index contributed by atoms with van der Waals surface area (Å²) >= 11 is 0. The molecule has 0 heterocycles. The lowest BCUT2D eigenvalue weighted by Gasteiger charge is -2.05. The number of hydrogen-bond acceptors (Lipinski definition) is 4. The fourth-order valence-corrected chi connectivity index (χ4v) is 1.12. The zero-order chi connectivity index (χ0) is 14.4. The summed E-state index contributed by atoms with van der Waals surface area (Å²) in [4.78, 5) is 32.8. The third kappa shape index (κ3) is 5.11. The SMILES string of the molecule is NC(=O)CNC(=O)COC(=O)c1cc(F)cc(F)c1. The molecule has 0 saturated heterocycles. The lowest BCUT2D eigenvalue weighted by molar-refractivity contribution is -0.127. The van der Waals surface area contributed by atoms with Crippen LogP contribution in [0.4, 0.5) is 8.78 Å². The van der Waals surface area contributed by atoms with Crippen molar-refractivity contribution in [1.29, 1.82) is 0 Å². The van der Waals surface area contributed by atoms with Crippen LogP contribution in [0.3, 0.4) is 0 Å². The molecule has 0 atom stereocenters. The summed E-state index contributed by atoms with van der Waals surface area (Å²) in [6.45, 7) is -1.09. The van der Waals surface area contributed by atoms with Gasteiger partial charge in [0.15, 0.2) is 6.61 Å². The maximum absolute atomic E-state index is 12.8. The molecule has 6 nitrogen and oxygen atoms in total. The highest BCUT2D eigenvalue weighted by atomic mass is 19.1. The predicted molar refractivity (Wildman–Crippen MR) is 58.8 cm³/mol. The first-order valence-electron chi connectivity index (χ1n) is 5.06. The lowest BCUT2D eigenvalue weighted by atomic mass is 10.2. The molecule has 1 rings (SSSR count). The summed E-state index contributed by atoms with van der Waals surface area (Å²) in [5, 5.41) is 2.07. The summed E-state index contributed by atoms with van der Waals surface area (Å²) in [5.74, 6) is -4.46. The number of rotatable bonds is 5. The molecule has 102 valence electrons. The van der Waals surface area contributed by atoms with Crippen LogP contribution in [0, 0.1) is 11.6 Å². The maximum Gasteiger partial charge on any atom is 0.338 e. The molecule has 0 unspecified atom stereocenters. The molecule has 0 bridgehead atoms. The molecule has 0 aliphatic heterocycles. The van der Waals surface area contributed by atoms with E-state index in [4.69, 9.17) is 5.73 Å². The summed E-state index contributed by atoms with van der Waals surface area (Å²) in [5.41, 5.74) is 4.42. The average molecular weight is 272 g/mol. The molecular weight excluding hydrogens is 262 g/mol. The van der Waals surface area contributed by atoms with E-state index in [-0.39, 0.29) is 5.56 Å². The van der Waals surface area contributed by atoms with Gasteiger partial charge in [-0.15, -0.1) is 0 Å². The highest BCUT2D eigenvalue weighted by Gasteiger charge is 2.12. The van der Waals surface area contributed by atoms with E-state index in [1.807, 2.05) is 0 Å². The summed E-state index contributed by atoms with van der Waals surface area (Å²) in [6.07, 6.45) is 0. The van der Waals surface area contributed by atoms with Crippen molar-refractivity contribution in [3.05, 3.63) is 35.4 Å². The molecule has 19 heavy (non-hydrogen) atoms. The number of amides is 2. The number of carbonyl (C=O) groups excluding carboxylic acids is 3.